The van der Waals surface area contributed by atoms with E-state index in [0.29, 0.717) is 6.04 Å². The van der Waals surface area contributed by atoms with Crippen molar-refractivity contribution >= 4 is 10.8 Å². The van der Waals surface area contributed by atoms with Gasteiger partial charge in [0.05, 0.1) is 0 Å². The van der Waals surface area contributed by atoms with Gasteiger partial charge >= 0.3 is 0 Å². The van der Waals surface area contributed by atoms with Crippen LogP contribution in [0.2, 0.25) is 0 Å². The molecule has 0 saturated carbocycles. The van der Waals surface area contributed by atoms with Crippen molar-refractivity contribution in [2.75, 3.05) is 0 Å². The van der Waals surface area contributed by atoms with Crippen molar-refractivity contribution in [3.8, 4) is 0 Å². The summed E-state index contributed by atoms with van der Waals surface area (Å²) in [5.41, 5.74) is 1.37. The highest BCUT2D eigenvalue weighted by atomic mass is 15.0. The Morgan fingerprint density at radius 3 is 2.46 bits per heavy atom. The van der Waals surface area contributed by atoms with E-state index >= 15 is 0 Å². The van der Waals surface area contributed by atoms with Crippen LogP contribution in [0, 0.1) is 6.92 Å². The zero-order valence-electron chi connectivity index (χ0n) is 8.41. The Morgan fingerprint density at radius 1 is 1.15 bits per heavy atom. The van der Waals surface area contributed by atoms with Crippen molar-refractivity contribution in [2.24, 2.45) is 0 Å². The lowest BCUT2D eigenvalue weighted by Crippen LogP contribution is -2.00. The van der Waals surface area contributed by atoms with Crippen LogP contribution in [0.1, 0.15) is 25.6 Å². The van der Waals surface area contributed by atoms with Crippen LogP contribution in [0.5, 0.6) is 0 Å². The molecule has 0 spiro atoms. The smallest absolute Gasteiger partial charge is 0.0277 e. The number of fused-ring (bicyclic) bond motifs is 1. The minimum Gasteiger partial charge on any atom is -0.348 e. The van der Waals surface area contributed by atoms with Gasteiger partial charge in [-0.25, -0.2) is 0 Å². The van der Waals surface area contributed by atoms with Crippen molar-refractivity contribution in [2.45, 2.75) is 26.8 Å². The fraction of sp³-hybridized carbons (Fsp3) is 0.333. The highest BCUT2D eigenvalue weighted by Gasteiger charge is 2.05. The van der Waals surface area contributed by atoms with Crippen LogP contribution in [-0.4, -0.2) is 4.57 Å². The third kappa shape index (κ3) is 1.24. The van der Waals surface area contributed by atoms with Gasteiger partial charge in [0, 0.05) is 23.3 Å². The van der Waals surface area contributed by atoms with Gasteiger partial charge in [-0.05, 0) is 26.2 Å². The number of nitrogens with zero attached hydrogens (tertiary/aromatic N) is 1. The van der Waals surface area contributed by atoms with Gasteiger partial charge in [0.2, 0.25) is 0 Å². The summed E-state index contributed by atoms with van der Waals surface area (Å²) in [6.45, 7) is 6.61. The topological polar surface area (TPSA) is 4.93 Å². The Kier molecular flexibility index (Phi) is 1.87. The Bertz CT molecular complexity index is 424. The van der Waals surface area contributed by atoms with E-state index in [9.17, 15) is 0 Å². The second-order valence-electron chi connectivity index (χ2n) is 3.80. The lowest BCUT2D eigenvalue weighted by atomic mass is 10.2. The molecule has 1 nitrogen and oxygen atoms in total. The Hall–Kier alpha value is -1.24. The Balaban J connectivity index is 2.74. The van der Waals surface area contributed by atoms with Crippen LogP contribution in [0.4, 0.5) is 0 Å². The van der Waals surface area contributed by atoms with E-state index in [-0.39, 0.29) is 0 Å². The van der Waals surface area contributed by atoms with E-state index in [4.69, 9.17) is 0 Å². The molecule has 2 aromatic rings. The lowest BCUT2D eigenvalue weighted by molar-refractivity contribution is 0.591. The predicted molar refractivity (Wildman–Crippen MR) is 57.1 cm³/mol. The average Bonchev–Trinajstić information content (AvgIpc) is 2.45. The number of aryl methyl sites for hydroxylation is 1. The van der Waals surface area contributed by atoms with E-state index in [0.717, 1.165) is 0 Å². The molecular formula is C12H15N. The van der Waals surface area contributed by atoms with E-state index in [2.05, 4.69) is 55.8 Å². The normalized spacial score (nSPS) is 11.4. The molecular weight excluding hydrogens is 158 g/mol. The zero-order chi connectivity index (χ0) is 9.42. The highest BCUT2D eigenvalue weighted by Crippen LogP contribution is 2.22. The summed E-state index contributed by atoms with van der Waals surface area (Å²) in [4.78, 5) is 0. The molecule has 0 aliphatic rings. The molecule has 1 heteroatoms. The summed E-state index contributed by atoms with van der Waals surface area (Å²) >= 11 is 0. The van der Waals surface area contributed by atoms with Crippen LogP contribution >= 0.6 is 0 Å². The largest absolute Gasteiger partial charge is 0.348 e. The van der Waals surface area contributed by atoms with Crippen LogP contribution < -0.4 is 0 Å². The summed E-state index contributed by atoms with van der Waals surface area (Å²) in [5.74, 6) is 0. The van der Waals surface area contributed by atoms with Crippen LogP contribution in [0.3, 0.4) is 0 Å². The standard InChI is InChI=1S/C12H15N/c1-9(2)13-8-11-6-4-5-7-12(11)10(13)3/h4-9H,1-3H3. The van der Waals surface area contributed by atoms with Gasteiger partial charge in [-0.2, -0.15) is 0 Å². The summed E-state index contributed by atoms with van der Waals surface area (Å²) in [6, 6.07) is 9.09. The molecule has 1 aromatic carbocycles. The van der Waals surface area contributed by atoms with Gasteiger partial charge in [-0.3, -0.25) is 0 Å². The number of benzene rings is 1. The summed E-state index contributed by atoms with van der Waals surface area (Å²) in [5, 5.41) is 2.71. The van der Waals surface area contributed by atoms with Crippen molar-refractivity contribution in [1.82, 2.24) is 4.57 Å². The first kappa shape index (κ1) is 8.36. The van der Waals surface area contributed by atoms with Crippen LogP contribution in [0.15, 0.2) is 30.5 Å². The fourth-order valence-corrected chi connectivity index (χ4v) is 1.86. The molecule has 1 aromatic heterocycles. The third-order valence-corrected chi connectivity index (χ3v) is 2.57. The molecule has 0 radical (unpaired) electrons. The molecule has 0 fully saturated rings. The quantitative estimate of drug-likeness (QED) is 0.621. The van der Waals surface area contributed by atoms with Crippen molar-refractivity contribution < 1.29 is 0 Å². The molecule has 68 valence electrons. The van der Waals surface area contributed by atoms with Crippen LogP contribution in [0.25, 0.3) is 10.8 Å². The van der Waals surface area contributed by atoms with Crippen molar-refractivity contribution in [3.63, 3.8) is 0 Å². The zero-order valence-corrected chi connectivity index (χ0v) is 8.41. The van der Waals surface area contributed by atoms with Gasteiger partial charge < -0.3 is 4.57 Å². The summed E-state index contributed by atoms with van der Waals surface area (Å²) < 4.78 is 2.32. The average molecular weight is 173 g/mol. The second kappa shape index (κ2) is 2.91. The number of aromatic nitrogens is 1. The van der Waals surface area contributed by atoms with Gasteiger partial charge in [0.1, 0.15) is 0 Å². The molecule has 0 unspecified atom stereocenters. The van der Waals surface area contributed by atoms with Gasteiger partial charge in [0.25, 0.3) is 0 Å². The minimum atomic E-state index is 0.549. The Labute approximate surface area is 79.0 Å². The highest BCUT2D eigenvalue weighted by molar-refractivity contribution is 5.85. The maximum Gasteiger partial charge on any atom is 0.0277 e. The first-order valence-corrected chi connectivity index (χ1v) is 4.76. The molecule has 0 bridgehead atoms. The molecule has 0 N–H and O–H groups in total. The number of hydrogen-bond donors (Lipinski definition) is 0. The number of rotatable bonds is 1. The molecule has 0 aliphatic carbocycles. The maximum atomic E-state index is 2.32. The monoisotopic (exact) mass is 173 g/mol. The van der Waals surface area contributed by atoms with E-state index < -0.39 is 0 Å². The fourth-order valence-electron chi connectivity index (χ4n) is 1.86. The SMILES string of the molecule is Cc1c2ccccc2cn1C(C)C. The molecule has 0 amide bonds. The molecule has 0 aliphatic heterocycles. The van der Waals surface area contributed by atoms with Gasteiger partial charge in [-0.1, -0.05) is 24.3 Å². The Morgan fingerprint density at radius 2 is 1.85 bits per heavy atom. The first-order valence-electron chi connectivity index (χ1n) is 4.76. The molecule has 0 saturated heterocycles. The third-order valence-electron chi connectivity index (χ3n) is 2.57. The van der Waals surface area contributed by atoms with E-state index in [1.807, 2.05) is 0 Å². The summed E-state index contributed by atoms with van der Waals surface area (Å²) in [6.07, 6.45) is 2.23. The maximum absolute atomic E-state index is 2.32. The minimum absolute atomic E-state index is 0.549. The predicted octanol–water partition coefficient (Wildman–Crippen LogP) is 3.53. The second-order valence-corrected chi connectivity index (χ2v) is 3.80. The van der Waals surface area contributed by atoms with Gasteiger partial charge in [-0.15, -0.1) is 0 Å². The lowest BCUT2D eigenvalue weighted by Gasteiger charge is -2.09. The first-order chi connectivity index (χ1) is 6.20. The number of hydrogen-bond acceptors (Lipinski definition) is 0. The van der Waals surface area contributed by atoms with Crippen molar-refractivity contribution in [3.05, 3.63) is 36.2 Å². The van der Waals surface area contributed by atoms with Gasteiger partial charge in [0.15, 0.2) is 0 Å². The van der Waals surface area contributed by atoms with Crippen molar-refractivity contribution in [1.29, 1.82) is 0 Å². The van der Waals surface area contributed by atoms with E-state index in [1.165, 1.54) is 16.5 Å². The summed E-state index contributed by atoms with van der Waals surface area (Å²) in [7, 11) is 0. The molecule has 0 atom stereocenters. The molecule has 13 heavy (non-hydrogen) atoms. The van der Waals surface area contributed by atoms with E-state index in [1.54, 1.807) is 0 Å². The molecule has 2 rings (SSSR count). The van der Waals surface area contributed by atoms with Crippen LogP contribution in [-0.2, 0) is 0 Å². The molecule has 1 heterocycles.